The van der Waals surface area contributed by atoms with Gasteiger partial charge in [0.1, 0.15) is 0 Å². The second-order valence-corrected chi connectivity index (χ2v) is 9.38. The Kier molecular flexibility index (Phi) is 8.00. The van der Waals surface area contributed by atoms with Crippen LogP contribution in [0.15, 0.2) is 59.5 Å². The van der Waals surface area contributed by atoms with Crippen molar-refractivity contribution in [3.8, 4) is 0 Å². The lowest BCUT2D eigenvalue weighted by Crippen LogP contribution is -2.48. The normalized spacial score (nSPS) is 14.4. The molecule has 0 spiro atoms. The van der Waals surface area contributed by atoms with Gasteiger partial charge in [0, 0.05) is 24.8 Å². The summed E-state index contributed by atoms with van der Waals surface area (Å²) in [6, 6.07) is 15.7. The summed E-state index contributed by atoms with van der Waals surface area (Å²) in [5.41, 5.74) is 7.27. The highest BCUT2D eigenvalue weighted by Crippen LogP contribution is 2.20. The van der Waals surface area contributed by atoms with Gasteiger partial charge in [-0.25, -0.2) is 8.42 Å². The molecule has 0 amide bonds. The molecule has 2 aromatic carbocycles. The molecular weight excluding hydrogens is 374 g/mol. The van der Waals surface area contributed by atoms with E-state index in [9.17, 15) is 13.5 Å². The number of nitrogen functional groups attached to an aromatic ring is 1. The third kappa shape index (κ3) is 6.04. The summed E-state index contributed by atoms with van der Waals surface area (Å²) in [5.74, 6) is 0.123. The van der Waals surface area contributed by atoms with Crippen molar-refractivity contribution >= 4 is 15.7 Å². The monoisotopic (exact) mass is 405 g/mol. The Morgan fingerprint density at radius 1 is 1.04 bits per heavy atom. The number of aliphatic hydroxyl groups is 1. The summed E-state index contributed by atoms with van der Waals surface area (Å²) in [6.45, 7) is 4.25. The van der Waals surface area contributed by atoms with Crippen LogP contribution < -0.4 is 11.1 Å². The Morgan fingerprint density at radius 2 is 1.64 bits per heavy atom. The van der Waals surface area contributed by atoms with E-state index in [0.717, 1.165) is 5.56 Å². The van der Waals surface area contributed by atoms with Gasteiger partial charge in [-0.1, -0.05) is 44.2 Å². The molecule has 0 aliphatic heterocycles. The first-order valence-electron chi connectivity index (χ1n) is 9.49. The number of likely N-dealkylation sites (N-methyl/N-ethyl adjacent to an activating group) is 1. The predicted octanol–water partition coefficient (Wildman–Crippen LogP) is 2.11. The van der Waals surface area contributed by atoms with Crippen LogP contribution in [-0.4, -0.2) is 50.1 Å². The average molecular weight is 406 g/mol. The Hall–Kier alpha value is -1.93. The molecule has 0 saturated heterocycles. The van der Waals surface area contributed by atoms with Gasteiger partial charge in [0.15, 0.2) is 0 Å². The Bertz CT molecular complexity index is 824. The maximum atomic E-state index is 13.1. The topological polar surface area (TPSA) is 95.7 Å². The van der Waals surface area contributed by atoms with Crippen LogP contribution in [0.2, 0.25) is 0 Å². The number of rotatable bonds is 10. The molecule has 2 atom stereocenters. The van der Waals surface area contributed by atoms with Gasteiger partial charge in [0.2, 0.25) is 10.0 Å². The Morgan fingerprint density at radius 3 is 2.18 bits per heavy atom. The van der Waals surface area contributed by atoms with Crippen molar-refractivity contribution < 1.29 is 13.5 Å². The summed E-state index contributed by atoms with van der Waals surface area (Å²) >= 11 is 0. The quantitative estimate of drug-likeness (QED) is 0.526. The van der Waals surface area contributed by atoms with Gasteiger partial charge >= 0.3 is 0 Å². The zero-order valence-corrected chi connectivity index (χ0v) is 17.6. The third-order valence-electron chi connectivity index (χ3n) is 4.61. The van der Waals surface area contributed by atoms with Crippen molar-refractivity contribution in [3.05, 3.63) is 60.2 Å². The molecule has 0 saturated carbocycles. The van der Waals surface area contributed by atoms with E-state index in [4.69, 9.17) is 5.73 Å². The van der Waals surface area contributed by atoms with Crippen molar-refractivity contribution in [2.24, 2.45) is 5.92 Å². The number of sulfonamides is 1. The van der Waals surface area contributed by atoms with E-state index in [-0.39, 0.29) is 23.4 Å². The minimum Gasteiger partial charge on any atom is -0.399 e. The lowest BCUT2D eigenvalue weighted by Gasteiger charge is -2.30. The van der Waals surface area contributed by atoms with Gasteiger partial charge in [0.05, 0.1) is 11.0 Å². The first-order chi connectivity index (χ1) is 13.2. The van der Waals surface area contributed by atoms with E-state index in [1.807, 2.05) is 44.2 Å². The zero-order chi connectivity index (χ0) is 20.7. The van der Waals surface area contributed by atoms with Gasteiger partial charge in [0.25, 0.3) is 0 Å². The summed E-state index contributed by atoms with van der Waals surface area (Å²) < 4.78 is 27.6. The number of hydrogen-bond acceptors (Lipinski definition) is 5. The first-order valence-corrected chi connectivity index (χ1v) is 10.9. The van der Waals surface area contributed by atoms with Gasteiger partial charge in [-0.3, -0.25) is 0 Å². The molecule has 0 heterocycles. The third-order valence-corrected chi connectivity index (χ3v) is 6.46. The van der Waals surface area contributed by atoms with E-state index >= 15 is 0 Å². The van der Waals surface area contributed by atoms with Crippen molar-refractivity contribution in [2.45, 2.75) is 37.3 Å². The van der Waals surface area contributed by atoms with Gasteiger partial charge in [-0.15, -0.1) is 0 Å². The zero-order valence-electron chi connectivity index (χ0n) is 16.7. The van der Waals surface area contributed by atoms with Crippen LogP contribution in [0.4, 0.5) is 5.69 Å². The van der Waals surface area contributed by atoms with E-state index in [0.29, 0.717) is 18.7 Å². The van der Waals surface area contributed by atoms with E-state index in [2.05, 4.69) is 5.32 Å². The number of aliphatic hydroxyl groups excluding tert-OH is 1. The van der Waals surface area contributed by atoms with Crippen LogP contribution >= 0.6 is 0 Å². The van der Waals surface area contributed by atoms with Crippen molar-refractivity contribution in [3.63, 3.8) is 0 Å². The lowest BCUT2D eigenvalue weighted by molar-refractivity contribution is 0.105. The van der Waals surface area contributed by atoms with Gasteiger partial charge in [-0.2, -0.15) is 4.31 Å². The number of nitrogens with one attached hydrogen (secondary N) is 1. The molecule has 7 heteroatoms. The fraction of sp³-hybridized carbons (Fsp3) is 0.429. The average Bonchev–Trinajstić information content (AvgIpc) is 2.66. The van der Waals surface area contributed by atoms with Crippen LogP contribution in [0.5, 0.6) is 0 Å². The molecule has 2 unspecified atom stereocenters. The van der Waals surface area contributed by atoms with E-state index in [1.165, 1.54) is 16.4 Å². The number of benzene rings is 2. The summed E-state index contributed by atoms with van der Waals surface area (Å²) in [6.07, 6.45) is -0.247. The van der Waals surface area contributed by atoms with Crippen LogP contribution in [0, 0.1) is 5.92 Å². The number of nitrogens with two attached hydrogens (primary N) is 1. The van der Waals surface area contributed by atoms with Crippen LogP contribution in [0.25, 0.3) is 0 Å². The summed E-state index contributed by atoms with van der Waals surface area (Å²) in [7, 11) is -1.96. The lowest BCUT2D eigenvalue weighted by atomic mass is 10.0. The standard InChI is InChI=1S/C21H31N3O3S/c1-16(2)14-24(28(26,27)19-11-9-18(22)10-12-19)15-21(25)20(23-3)13-17-7-5-4-6-8-17/h4-12,16,20-21,23,25H,13-15,22H2,1-3H3. The van der Waals surface area contributed by atoms with Crippen molar-refractivity contribution in [1.29, 1.82) is 0 Å². The molecule has 0 bridgehead atoms. The summed E-state index contributed by atoms with van der Waals surface area (Å²) in [5, 5.41) is 13.9. The Labute approximate surface area is 168 Å². The Balaban J connectivity index is 2.21. The second kappa shape index (κ2) is 10.0. The van der Waals surface area contributed by atoms with Crippen LogP contribution in [-0.2, 0) is 16.4 Å². The predicted molar refractivity (Wildman–Crippen MR) is 113 cm³/mol. The first kappa shape index (κ1) is 22.4. The molecule has 6 nitrogen and oxygen atoms in total. The highest BCUT2D eigenvalue weighted by atomic mass is 32.2. The molecular formula is C21H31N3O3S. The smallest absolute Gasteiger partial charge is 0.243 e. The maximum absolute atomic E-state index is 13.1. The minimum absolute atomic E-state index is 0.0171. The molecule has 2 aromatic rings. The van der Waals surface area contributed by atoms with Crippen LogP contribution in [0.3, 0.4) is 0 Å². The fourth-order valence-corrected chi connectivity index (χ4v) is 4.72. The van der Waals surface area contributed by atoms with Gasteiger partial charge in [-0.05, 0) is 49.2 Å². The SMILES string of the molecule is CNC(Cc1ccccc1)C(O)CN(CC(C)C)S(=O)(=O)c1ccc(N)cc1. The van der Waals surface area contributed by atoms with Gasteiger partial charge < -0.3 is 16.2 Å². The molecule has 0 aliphatic carbocycles. The number of anilines is 1. The summed E-state index contributed by atoms with van der Waals surface area (Å²) in [4.78, 5) is 0.179. The molecule has 4 N–H and O–H groups in total. The molecule has 28 heavy (non-hydrogen) atoms. The molecule has 154 valence electrons. The van der Waals surface area contributed by atoms with Crippen LogP contribution in [0.1, 0.15) is 19.4 Å². The number of nitrogens with zero attached hydrogens (tertiary/aromatic N) is 1. The largest absolute Gasteiger partial charge is 0.399 e. The molecule has 0 aliphatic rings. The highest BCUT2D eigenvalue weighted by Gasteiger charge is 2.30. The van der Waals surface area contributed by atoms with E-state index in [1.54, 1.807) is 19.2 Å². The fourth-order valence-electron chi connectivity index (χ4n) is 3.10. The highest BCUT2D eigenvalue weighted by molar-refractivity contribution is 7.89. The number of hydrogen-bond donors (Lipinski definition) is 3. The molecule has 0 fully saturated rings. The molecule has 0 aromatic heterocycles. The minimum atomic E-state index is -3.73. The van der Waals surface area contributed by atoms with Crippen molar-refractivity contribution in [1.82, 2.24) is 9.62 Å². The molecule has 2 rings (SSSR count). The second-order valence-electron chi connectivity index (χ2n) is 7.44. The van der Waals surface area contributed by atoms with Crippen molar-refractivity contribution in [2.75, 3.05) is 25.9 Å². The molecule has 0 radical (unpaired) electrons. The maximum Gasteiger partial charge on any atom is 0.243 e. The van der Waals surface area contributed by atoms with E-state index < -0.39 is 16.1 Å².